The molecule has 0 aliphatic heterocycles. The van der Waals surface area contributed by atoms with E-state index in [0.29, 0.717) is 23.2 Å². The van der Waals surface area contributed by atoms with Crippen LogP contribution in [0, 0.1) is 0 Å². The minimum absolute atomic E-state index is 0.133. The molecule has 2 aromatic rings. The first-order valence-electron chi connectivity index (χ1n) is 5.98. The summed E-state index contributed by atoms with van der Waals surface area (Å²) in [5.74, 6) is 0. The predicted molar refractivity (Wildman–Crippen MR) is 75.8 cm³/mol. The zero-order valence-electron chi connectivity index (χ0n) is 10.5. The molecular formula is C12H14BrN5O. The van der Waals surface area contributed by atoms with E-state index in [9.17, 15) is 4.79 Å². The van der Waals surface area contributed by atoms with E-state index in [2.05, 4.69) is 36.5 Å². The Morgan fingerprint density at radius 2 is 2.32 bits per heavy atom. The van der Waals surface area contributed by atoms with Gasteiger partial charge in [0.2, 0.25) is 0 Å². The van der Waals surface area contributed by atoms with Gasteiger partial charge in [-0.3, -0.25) is 4.79 Å². The lowest BCUT2D eigenvalue weighted by molar-refractivity contribution is 0.566. The fourth-order valence-electron chi connectivity index (χ4n) is 1.57. The number of anilines is 1. The summed E-state index contributed by atoms with van der Waals surface area (Å²) in [4.78, 5) is 12.0. The summed E-state index contributed by atoms with van der Waals surface area (Å²) in [5, 5.41) is 15.0. The van der Waals surface area contributed by atoms with Gasteiger partial charge in [0, 0.05) is 12.7 Å². The zero-order valence-corrected chi connectivity index (χ0v) is 12.1. The van der Waals surface area contributed by atoms with E-state index in [-0.39, 0.29) is 5.56 Å². The van der Waals surface area contributed by atoms with Gasteiger partial charge in [-0.15, -0.1) is 0 Å². The van der Waals surface area contributed by atoms with Crippen LogP contribution >= 0.6 is 15.9 Å². The Morgan fingerprint density at radius 1 is 1.47 bits per heavy atom. The fraction of sp³-hybridized carbons (Fsp3) is 0.333. The molecule has 6 nitrogen and oxygen atoms in total. The zero-order chi connectivity index (χ0) is 13.7. The quantitative estimate of drug-likeness (QED) is 0.908. The van der Waals surface area contributed by atoms with E-state index in [1.807, 2.05) is 19.1 Å². The van der Waals surface area contributed by atoms with Crippen LogP contribution in [0.4, 0.5) is 5.69 Å². The third-order valence-corrected chi connectivity index (χ3v) is 3.27. The van der Waals surface area contributed by atoms with Crippen LogP contribution in [0.15, 0.2) is 33.8 Å². The molecule has 0 saturated carbocycles. The second-order valence-corrected chi connectivity index (χ2v) is 4.76. The summed E-state index contributed by atoms with van der Waals surface area (Å²) in [5.41, 5.74) is 1.32. The van der Waals surface area contributed by atoms with E-state index in [1.165, 1.54) is 4.68 Å². The average Bonchev–Trinajstić information content (AvgIpc) is 2.44. The van der Waals surface area contributed by atoms with E-state index < -0.39 is 0 Å². The van der Waals surface area contributed by atoms with Crippen molar-refractivity contribution in [2.75, 3.05) is 5.32 Å². The molecule has 7 heteroatoms. The maximum Gasteiger partial charge on any atom is 0.283 e. The first-order valence-corrected chi connectivity index (χ1v) is 6.77. The topological polar surface area (TPSA) is 72.7 Å². The fourth-order valence-corrected chi connectivity index (χ4v) is 2.02. The monoisotopic (exact) mass is 323 g/mol. The van der Waals surface area contributed by atoms with Gasteiger partial charge in [0.05, 0.1) is 24.1 Å². The maximum absolute atomic E-state index is 12.0. The molecule has 0 fully saturated rings. The number of halogens is 1. The molecule has 0 atom stereocenters. The molecule has 0 saturated heterocycles. The summed E-state index contributed by atoms with van der Waals surface area (Å²) >= 11 is 3.30. The molecule has 2 rings (SSSR count). The molecule has 100 valence electrons. The minimum atomic E-state index is -0.133. The number of hydrogen-bond donors (Lipinski definition) is 1. The third-order valence-electron chi connectivity index (χ3n) is 2.51. The molecule has 2 heterocycles. The number of hydrogen-bond acceptors (Lipinski definition) is 5. The van der Waals surface area contributed by atoms with E-state index in [4.69, 9.17) is 0 Å². The Morgan fingerprint density at radius 3 is 3.00 bits per heavy atom. The van der Waals surface area contributed by atoms with Gasteiger partial charge in [-0.2, -0.15) is 15.3 Å². The number of aromatic nitrogens is 4. The minimum Gasteiger partial charge on any atom is -0.377 e. The lowest BCUT2D eigenvalue weighted by atomic mass is 10.3. The molecular weight excluding hydrogens is 310 g/mol. The van der Waals surface area contributed by atoms with Crippen molar-refractivity contribution in [2.24, 2.45) is 0 Å². The van der Waals surface area contributed by atoms with Gasteiger partial charge < -0.3 is 5.32 Å². The first-order chi connectivity index (χ1) is 9.22. The molecule has 0 radical (unpaired) electrons. The predicted octanol–water partition coefficient (Wildman–Crippen LogP) is 1.82. The van der Waals surface area contributed by atoms with Crippen LogP contribution in [0.1, 0.15) is 19.0 Å². The van der Waals surface area contributed by atoms with Crippen LogP contribution in [0.3, 0.4) is 0 Å². The van der Waals surface area contributed by atoms with E-state index in [1.54, 1.807) is 12.4 Å². The van der Waals surface area contributed by atoms with Crippen LogP contribution in [-0.2, 0) is 13.1 Å². The molecule has 2 aromatic heterocycles. The Kier molecular flexibility index (Phi) is 4.62. The van der Waals surface area contributed by atoms with Crippen molar-refractivity contribution in [3.8, 4) is 0 Å². The number of aryl methyl sites for hydroxylation is 1. The normalized spacial score (nSPS) is 10.4. The van der Waals surface area contributed by atoms with Crippen LogP contribution < -0.4 is 10.9 Å². The molecule has 0 spiro atoms. The Labute approximate surface area is 119 Å². The van der Waals surface area contributed by atoms with Crippen molar-refractivity contribution < 1.29 is 0 Å². The highest BCUT2D eigenvalue weighted by molar-refractivity contribution is 9.10. The lowest BCUT2D eigenvalue weighted by Crippen LogP contribution is -2.24. The summed E-state index contributed by atoms with van der Waals surface area (Å²) in [7, 11) is 0. The summed E-state index contributed by atoms with van der Waals surface area (Å²) in [6.45, 7) is 3.11. The van der Waals surface area contributed by atoms with Gasteiger partial charge in [0.15, 0.2) is 0 Å². The third kappa shape index (κ3) is 3.37. The van der Waals surface area contributed by atoms with Crippen molar-refractivity contribution in [1.29, 1.82) is 0 Å². The Bertz CT molecular complexity index is 599. The Hall–Kier alpha value is -1.76. The second kappa shape index (κ2) is 6.42. The van der Waals surface area contributed by atoms with Gasteiger partial charge >= 0.3 is 0 Å². The van der Waals surface area contributed by atoms with Gasteiger partial charge in [0.1, 0.15) is 4.47 Å². The smallest absolute Gasteiger partial charge is 0.283 e. The van der Waals surface area contributed by atoms with Crippen molar-refractivity contribution in [2.45, 2.75) is 26.4 Å². The van der Waals surface area contributed by atoms with E-state index in [0.717, 1.165) is 12.1 Å². The van der Waals surface area contributed by atoms with E-state index >= 15 is 0 Å². The summed E-state index contributed by atoms with van der Waals surface area (Å²) in [6.07, 6.45) is 4.12. The molecule has 0 aliphatic rings. The van der Waals surface area contributed by atoms with Crippen molar-refractivity contribution in [3.05, 3.63) is 45.0 Å². The standard InChI is InChI=1S/C12H14BrN5O/c1-2-6-18-12(19)11(13)10(8-16-18)14-7-9-4-3-5-15-17-9/h3-5,8,14H,2,6-7H2,1H3. The summed E-state index contributed by atoms with van der Waals surface area (Å²) < 4.78 is 1.93. The number of nitrogens with one attached hydrogen (secondary N) is 1. The largest absolute Gasteiger partial charge is 0.377 e. The van der Waals surface area contributed by atoms with Crippen LogP contribution in [-0.4, -0.2) is 20.0 Å². The van der Waals surface area contributed by atoms with Gasteiger partial charge in [0.25, 0.3) is 5.56 Å². The van der Waals surface area contributed by atoms with Crippen molar-refractivity contribution in [1.82, 2.24) is 20.0 Å². The van der Waals surface area contributed by atoms with Crippen molar-refractivity contribution >= 4 is 21.6 Å². The molecule has 1 N–H and O–H groups in total. The first kappa shape index (κ1) is 13.7. The molecule has 0 aromatic carbocycles. The molecule has 0 amide bonds. The summed E-state index contributed by atoms with van der Waals surface area (Å²) in [6, 6.07) is 3.68. The van der Waals surface area contributed by atoms with Gasteiger partial charge in [-0.1, -0.05) is 6.92 Å². The second-order valence-electron chi connectivity index (χ2n) is 3.97. The highest BCUT2D eigenvalue weighted by Crippen LogP contribution is 2.16. The molecule has 0 bridgehead atoms. The molecule has 19 heavy (non-hydrogen) atoms. The van der Waals surface area contributed by atoms with Gasteiger partial charge in [-0.25, -0.2) is 4.68 Å². The molecule has 0 unspecified atom stereocenters. The SMILES string of the molecule is CCCn1ncc(NCc2cccnn2)c(Br)c1=O. The van der Waals surface area contributed by atoms with Crippen LogP contribution in [0.5, 0.6) is 0 Å². The lowest BCUT2D eigenvalue weighted by Gasteiger charge is -2.09. The Balaban J connectivity index is 2.13. The average molecular weight is 324 g/mol. The number of rotatable bonds is 5. The van der Waals surface area contributed by atoms with Crippen LogP contribution in [0.25, 0.3) is 0 Å². The highest BCUT2D eigenvalue weighted by atomic mass is 79.9. The van der Waals surface area contributed by atoms with Crippen LogP contribution in [0.2, 0.25) is 0 Å². The molecule has 0 aliphatic carbocycles. The van der Waals surface area contributed by atoms with Gasteiger partial charge in [-0.05, 0) is 34.5 Å². The number of nitrogens with zero attached hydrogens (tertiary/aromatic N) is 4. The van der Waals surface area contributed by atoms with Crippen molar-refractivity contribution in [3.63, 3.8) is 0 Å². The highest BCUT2D eigenvalue weighted by Gasteiger charge is 2.08. The maximum atomic E-state index is 12.0.